The van der Waals surface area contributed by atoms with E-state index in [0.29, 0.717) is 0 Å². The quantitative estimate of drug-likeness (QED) is 0.246. The fourth-order valence-corrected chi connectivity index (χ4v) is 3.80. The molecule has 4 nitrogen and oxygen atoms in total. The average molecular weight is 525 g/mol. The summed E-state index contributed by atoms with van der Waals surface area (Å²) in [6.45, 7) is 0. The van der Waals surface area contributed by atoms with Crippen LogP contribution in [0, 0.1) is 0 Å². The van der Waals surface area contributed by atoms with E-state index >= 15 is 0 Å². The van der Waals surface area contributed by atoms with Crippen LogP contribution in [0.5, 0.6) is 0 Å². The van der Waals surface area contributed by atoms with Gasteiger partial charge in [0.1, 0.15) is 0 Å². The molecule has 1 aromatic carbocycles. The third-order valence-corrected chi connectivity index (χ3v) is 5.71. The second-order valence-electron chi connectivity index (χ2n) is 7.32. The number of nitrogens with one attached hydrogen (secondary N) is 2. The number of halogens is 1. The number of nitrogens with zero attached hydrogens (tertiary/aromatic N) is 2. The van der Waals surface area contributed by atoms with Gasteiger partial charge in [0.15, 0.2) is 0 Å². The van der Waals surface area contributed by atoms with Gasteiger partial charge in [-0.1, -0.05) is 0 Å². The summed E-state index contributed by atoms with van der Waals surface area (Å²) in [5.74, 6) is 0. The van der Waals surface area contributed by atoms with Gasteiger partial charge < -0.3 is 9.97 Å². The van der Waals surface area contributed by atoms with Crippen molar-refractivity contribution in [2.24, 2.45) is 0 Å². The molecule has 8 bridgehead atoms. The molecule has 6 rings (SSSR count). The van der Waals surface area contributed by atoms with E-state index in [4.69, 9.17) is 0 Å². The molecule has 0 fully saturated rings. The van der Waals surface area contributed by atoms with Crippen molar-refractivity contribution in [2.45, 2.75) is 0 Å². The number of rotatable bonds is 0. The van der Waals surface area contributed by atoms with Crippen LogP contribution in [0.15, 0.2) is 77.3 Å². The zero-order valence-electron chi connectivity index (χ0n) is 16.8. The third-order valence-electron chi connectivity index (χ3n) is 4.83. The monoisotopic (exact) mass is 524 g/mol. The Kier molecular flexibility index (Phi) is 5.90. The van der Waals surface area contributed by atoms with Gasteiger partial charge in [0.05, 0.1) is 22.8 Å². The summed E-state index contributed by atoms with van der Waals surface area (Å²) < 4.78 is 2.08. The van der Waals surface area contributed by atoms with Crippen LogP contribution in [-0.4, -0.2) is 19.9 Å². The molecular weight excluding hydrogens is 507 g/mol. The fraction of sp³-hybridized carbons (Fsp3) is 0. The topological polar surface area (TPSA) is 57.4 Å². The number of fused-ring (bicyclic) bond motifs is 8. The predicted octanol–water partition coefficient (Wildman–Crippen LogP) is 6.28. The van der Waals surface area contributed by atoms with Gasteiger partial charge in [-0.15, -0.1) is 0 Å². The predicted molar refractivity (Wildman–Crippen MR) is 133 cm³/mol. The zero-order valence-corrected chi connectivity index (χ0v) is 19.5. The second-order valence-corrected chi connectivity index (χ2v) is 8.83. The molecule has 0 saturated heterocycles. The van der Waals surface area contributed by atoms with Crippen LogP contribution < -0.4 is 4.50 Å². The third kappa shape index (κ3) is 5.16. The SMILES string of the molecule is C1=Cc2cc3ccc(cc4nc(cc5ccc(cc1n2)[nH]5)C=C4)[nH]3.[Co][c]1ccc(Br)cc1. The molecule has 2 N–H and O–H groups in total. The molecule has 0 atom stereocenters. The van der Waals surface area contributed by atoms with Crippen molar-refractivity contribution in [1.82, 2.24) is 19.9 Å². The van der Waals surface area contributed by atoms with Crippen LogP contribution in [0.4, 0.5) is 0 Å². The number of hydrogen-bond acceptors (Lipinski definition) is 2. The Morgan fingerprint density at radius 3 is 1.19 bits per heavy atom. The normalized spacial score (nSPS) is 11.8. The molecule has 0 spiro atoms. The van der Waals surface area contributed by atoms with Crippen molar-refractivity contribution >= 4 is 66.8 Å². The minimum atomic E-state index is 0.939. The molecule has 0 saturated carbocycles. The molecule has 0 aliphatic carbocycles. The van der Waals surface area contributed by atoms with Gasteiger partial charge in [-0.25, -0.2) is 9.97 Å². The first-order valence-electron chi connectivity index (χ1n) is 10.0. The Bertz CT molecular complexity index is 1300. The van der Waals surface area contributed by atoms with E-state index in [0.717, 1.165) is 53.8 Å². The first-order chi connectivity index (χ1) is 15.6. The molecule has 2 aliphatic heterocycles. The van der Waals surface area contributed by atoms with E-state index in [1.165, 1.54) is 0 Å². The van der Waals surface area contributed by atoms with Crippen LogP contribution in [0.1, 0.15) is 22.8 Å². The summed E-state index contributed by atoms with van der Waals surface area (Å²) in [6, 6.07) is 24.1. The Balaban J connectivity index is 0.000000230. The summed E-state index contributed by atoms with van der Waals surface area (Å²) in [7, 11) is 0. The van der Waals surface area contributed by atoms with Gasteiger partial charge in [0.2, 0.25) is 0 Å². The molecule has 0 unspecified atom stereocenters. The molecule has 3 aromatic heterocycles. The maximum absolute atomic E-state index is 4.63. The molecule has 4 aromatic rings. The molecule has 6 heteroatoms. The van der Waals surface area contributed by atoms with Crippen molar-refractivity contribution in [2.75, 3.05) is 0 Å². The van der Waals surface area contributed by atoms with Crippen molar-refractivity contribution in [3.63, 3.8) is 0 Å². The molecule has 0 radical (unpaired) electrons. The number of aromatic amines is 2. The van der Waals surface area contributed by atoms with E-state index < -0.39 is 0 Å². The van der Waals surface area contributed by atoms with Crippen molar-refractivity contribution in [1.29, 1.82) is 0 Å². The number of H-pyrrole nitrogens is 2. The average Bonchev–Trinajstić information content (AvgIpc) is 3.57. The molecule has 158 valence electrons. The zero-order chi connectivity index (χ0) is 21.9. The molecule has 5 heterocycles. The van der Waals surface area contributed by atoms with Gasteiger partial charge in [0, 0.05) is 22.1 Å². The van der Waals surface area contributed by atoms with Gasteiger partial charge in [0.25, 0.3) is 0 Å². The molecule has 32 heavy (non-hydrogen) atoms. The minimum absolute atomic E-state index is 0.939. The van der Waals surface area contributed by atoms with Crippen molar-refractivity contribution in [3.8, 4) is 0 Å². The number of hydrogen-bond donors (Lipinski definition) is 2. The maximum atomic E-state index is 4.63. The first kappa shape index (κ1) is 20.7. The fourth-order valence-electron chi connectivity index (χ4n) is 3.37. The molecule has 0 amide bonds. The first-order valence-corrected chi connectivity index (χ1v) is 11.3. The van der Waals surface area contributed by atoms with Gasteiger partial charge in [-0.2, -0.15) is 0 Å². The van der Waals surface area contributed by atoms with Crippen LogP contribution in [0.3, 0.4) is 0 Å². The molecular formula is C26H18BrCoN4. The second kappa shape index (κ2) is 9.12. The van der Waals surface area contributed by atoms with Crippen molar-refractivity contribution in [3.05, 3.63) is 100 Å². The Morgan fingerprint density at radius 2 is 0.875 bits per heavy atom. The summed E-state index contributed by atoms with van der Waals surface area (Å²) in [5, 5.41) is 0. The van der Waals surface area contributed by atoms with Crippen LogP contribution in [0.25, 0.3) is 46.4 Å². The summed E-state index contributed by atoms with van der Waals surface area (Å²) in [6.07, 6.45) is 8.09. The van der Waals surface area contributed by atoms with Gasteiger partial charge in [-0.05, 0) is 72.8 Å². The van der Waals surface area contributed by atoms with Crippen molar-refractivity contribution < 1.29 is 15.7 Å². The van der Waals surface area contributed by atoms with Gasteiger partial charge in [-0.3, -0.25) is 0 Å². The van der Waals surface area contributed by atoms with E-state index in [1.807, 2.05) is 72.8 Å². The van der Waals surface area contributed by atoms with E-state index in [2.05, 4.69) is 75.9 Å². The molecule has 2 aliphatic rings. The summed E-state index contributed by atoms with van der Waals surface area (Å²) in [4.78, 5) is 16.0. The van der Waals surface area contributed by atoms with Crippen LogP contribution in [0.2, 0.25) is 0 Å². The summed E-state index contributed by atoms with van der Waals surface area (Å²) >= 11 is 7.47. The standard InChI is InChI=1S/C20H14N4.C6H4Br.Co/c1-2-14-10-16-5-6-18(23-16)12-20-8-7-19(24-20)11-17-4-3-15(22-17)9-13(1)21-14;7-6-4-2-1-3-5-6;/h1-12,21,24H;2-5H;. The Labute approximate surface area is 201 Å². The van der Waals surface area contributed by atoms with E-state index in [9.17, 15) is 0 Å². The Morgan fingerprint density at radius 1 is 0.531 bits per heavy atom. The summed E-state index contributed by atoms with van der Waals surface area (Å²) in [5.41, 5.74) is 7.86. The van der Waals surface area contributed by atoms with Crippen LogP contribution >= 0.6 is 15.9 Å². The number of benzene rings is 1. The van der Waals surface area contributed by atoms with Gasteiger partial charge >= 0.3 is 64.9 Å². The van der Waals surface area contributed by atoms with E-state index in [-0.39, 0.29) is 0 Å². The van der Waals surface area contributed by atoms with E-state index in [1.54, 1.807) is 0 Å². The Hall–Kier alpha value is -3.19. The number of aromatic nitrogens is 4. The van der Waals surface area contributed by atoms with Crippen LogP contribution in [-0.2, 0) is 15.7 Å².